The van der Waals surface area contributed by atoms with Crippen LogP contribution < -0.4 is 5.32 Å². The molecule has 0 bridgehead atoms. The Bertz CT molecular complexity index is 2200. The first-order valence-electron chi connectivity index (χ1n) is 16.5. The number of rotatable bonds is 4. The van der Waals surface area contributed by atoms with Crippen LogP contribution in [0.5, 0.6) is 0 Å². The number of anilines is 2. The number of aromatic nitrogens is 4. The average molecular weight is 662 g/mol. The molecular weight excluding hydrogens is 619 g/mol. The fourth-order valence-electron chi connectivity index (χ4n) is 6.29. The van der Waals surface area contributed by atoms with E-state index >= 15 is 0 Å². The SMILES string of the molecule is CC(C)(C)c1ccnc(-c2ccc(C(C)(C)C)c(Nc3nc(-c4ncnc5c(C(F)(F)F)c6ccccc6cc45)ccc3C(C)(C)C)c2)c1. The zero-order chi connectivity index (χ0) is 35.5. The van der Waals surface area contributed by atoms with Crippen molar-refractivity contribution < 1.29 is 13.2 Å². The van der Waals surface area contributed by atoms with Crippen molar-refractivity contribution >= 4 is 33.2 Å². The third kappa shape index (κ3) is 6.74. The van der Waals surface area contributed by atoms with Crippen molar-refractivity contribution in [2.45, 2.75) is 84.7 Å². The summed E-state index contributed by atoms with van der Waals surface area (Å²) in [6.45, 7) is 19.4. The van der Waals surface area contributed by atoms with Crippen molar-refractivity contribution in [3.8, 4) is 22.6 Å². The maximum atomic E-state index is 14.6. The third-order valence-corrected chi connectivity index (χ3v) is 8.88. The summed E-state index contributed by atoms with van der Waals surface area (Å²) in [7, 11) is 0. The average Bonchev–Trinajstić information content (AvgIpc) is 3.01. The molecule has 0 radical (unpaired) electrons. The van der Waals surface area contributed by atoms with Gasteiger partial charge < -0.3 is 5.32 Å². The van der Waals surface area contributed by atoms with E-state index in [-0.39, 0.29) is 32.5 Å². The van der Waals surface area contributed by atoms with Gasteiger partial charge in [0.2, 0.25) is 0 Å². The van der Waals surface area contributed by atoms with Crippen LogP contribution >= 0.6 is 0 Å². The molecule has 0 aliphatic carbocycles. The first kappa shape index (κ1) is 34.0. The van der Waals surface area contributed by atoms with Crippen LogP contribution in [0.25, 0.3) is 44.3 Å². The Labute approximate surface area is 286 Å². The van der Waals surface area contributed by atoms with Crippen molar-refractivity contribution in [3.63, 3.8) is 0 Å². The zero-order valence-electron chi connectivity index (χ0n) is 29.5. The van der Waals surface area contributed by atoms with Gasteiger partial charge in [0, 0.05) is 28.4 Å². The fraction of sp³-hybridized carbons (Fsp3) is 0.317. The van der Waals surface area contributed by atoms with Gasteiger partial charge in [0.1, 0.15) is 12.1 Å². The van der Waals surface area contributed by atoms with E-state index in [9.17, 15) is 13.2 Å². The van der Waals surface area contributed by atoms with Crippen molar-refractivity contribution in [1.82, 2.24) is 19.9 Å². The molecule has 0 amide bonds. The molecule has 3 aromatic carbocycles. The molecule has 49 heavy (non-hydrogen) atoms. The predicted molar refractivity (Wildman–Crippen MR) is 194 cm³/mol. The number of hydrogen-bond acceptors (Lipinski definition) is 5. The van der Waals surface area contributed by atoms with Gasteiger partial charge in [-0.2, -0.15) is 13.2 Å². The van der Waals surface area contributed by atoms with E-state index in [0.717, 1.165) is 28.1 Å². The van der Waals surface area contributed by atoms with Gasteiger partial charge >= 0.3 is 6.18 Å². The molecule has 5 nitrogen and oxygen atoms in total. The second kappa shape index (κ2) is 11.9. The van der Waals surface area contributed by atoms with Crippen molar-refractivity contribution in [1.29, 1.82) is 0 Å². The molecule has 0 fully saturated rings. The maximum Gasteiger partial charge on any atom is 0.419 e. The van der Waals surface area contributed by atoms with Crippen molar-refractivity contribution in [2.24, 2.45) is 0 Å². The van der Waals surface area contributed by atoms with Crippen molar-refractivity contribution in [2.75, 3.05) is 5.32 Å². The smallest absolute Gasteiger partial charge is 0.340 e. The van der Waals surface area contributed by atoms with Gasteiger partial charge in [0.15, 0.2) is 0 Å². The van der Waals surface area contributed by atoms with E-state index in [4.69, 9.17) is 9.97 Å². The number of benzene rings is 3. The number of nitrogens with one attached hydrogen (secondary N) is 1. The number of hydrogen-bond donors (Lipinski definition) is 1. The molecule has 6 rings (SSSR count). The summed E-state index contributed by atoms with van der Waals surface area (Å²) in [5.74, 6) is 0.604. The topological polar surface area (TPSA) is 63.6 Å². The quantitative estimate of drug-likeness (QED) is 0.191. The summed E-state index contributed by atoms with van der Waals surface area (Å²) in [4.78, 5) is 18.5. The minimum Gasteiger partial charge on any atom is -0.340 e. The molecule has 3 aromatic heterocycles. The largest absolute Gasteiger partial charge is 0.419 e. The normalized spacial score (nSPS) is 12.9. The van der Waals surface area contributed by atoms with Crippen LogP contribution in [0.2, 0.25) is 0 Å². The first-order chi connectivity index (χ1) is 22.8. The van der Waals surface area contributed by atoms with Crippen LogP contribution in [0.4, 0.5) is 24.7 Å². The highest BCUT2D eigenvalue weighted by Gasteiger charge is 2.36. The summed E-state index contributed by atoms with van der Waals surface area (Å²) < 4.78 is 43.7. The molecule has 0 saturated carbocycles. The summed E-state index contributed by atoms with van der Waals surface area (Å²) in [5.41, 5.74) is 5.24. The standard InChI is InChI=1S/C41H42F3N5/c1-38(2,3)26-18-19-45-32(22-26)25-14-15-29(39(4,5)6)33(21-25)49-37-30(40(7,8)9)16-17-31(48-37)35-28-20-24-12-10-11-13-27(24)34(41(42,43)44)36(28)47-23-46-35/h10-23H,1-9H3,(H,48,49). The zero-order valence-corrected chi connectivity index (χ0v) is 29.5. The maximum absolute atomic E-state index is 14.6. The number of halogens is 3. The van der Waals surface area contributed by atoms with Gasteiger partial charge in [0.25, 0.3) is 0 Å². The lowest BCUT2D eigenvalue weighted by atomic mass is 9.83. The Morgan fingerprint density at radius 1 is 0.612 bits per heavy atom. The molecule has 8 heteroatoms. The van der Waals surface area contributed by atoms with Crippen molar-refractivity contribution in [3.05, 3.63) is 108 Å². The van der Waals surface area contributed by atoms with Crippen LogP contribution in [0.1, 0.15) is 84.6 Å². The molecule has 0 saturated heterocycles. The number of pyridine rings is 2. The lowest BCUT2D eigenvalue weighted by molar-refractivity contribution is -0.135. The highest BCUT2D eigenvalue weighted by atomic mass is 19.4. The molecule has 6 aromatic rings. The molecule has 3 heterocycles. The number of fused-ring (bicyclic) bond motifs is 2. The van der Waals surface area contributed by atoms with E-state index < -0.39 is 11.7 Å². The molecule has 252 valence electrons. The Hall–Kier alpha value is -4.85. The Balaban J connectivity index is 1.55. The molecule has 0 unspecified atom stereocenters. The van der Waals surface area contributed by atoms with Crippen LogP contribution in [-0.2, 0) is 22.4 Å². The fourth-order valence-corrected chi connectivity index (χ4v) is 6.29. The molecule has 0 aliphatic heterocycles. The van der Waals surface area contributed by atoms with E-state index in [0.29, 0.717) is 22.6 Å². The third-order valence-electron chi connectivity index (χ3n) is 8.88. The summed E-state index contributed by atoms with van der Waals surface area (Å²) in [6, 6.07) is 22.6. The monoisotopic (exact) mass is 661 g/mol. The lowest BCUT2D eigenvalue weighted by Crippen LogP contribution is -2.18. The van der Waals surface area contributed by atoms with Crippen LogP contribution in [-0.4, -0.2) is 19.9 Å². The molecule has 0 spiro atoms. The second-order valence-corrected chi connectivity index (χ2v) is 15.7. The molecule has 0 atom stereocenters. The number of nitrogens with zero attached hydrogens (tertiary/aromatic N) is 4. The van der Waals surface area contributed by atoms with Crippen LogP contribution in [0.3, 0.4) is 0 Å². The Kier molecular flexibility index (Phi) is 8.29. The van der Waals surface area contributed by atoms with Gasteiger partial charge in [-0.15, -0.1) is 0 Å². The highest BCUT2D eigenvalue weighted by molar-refractivity contribution is 6.05. The molecule has 1 N–H and O–H groups in total. The first-order valence-corrected chi connectivity index (χ1v) is 16.5. The van der Waals surface area contributed by atoms with E-state index in [1.807, 2.05) is 18.3 Å². The lowest BCUT2D eigenvalue weighted by Gasteiger charge is -2.27. The van der Waals surface area contributed by atoms with Gasteiger partial charge in [-0.25, -0.2) is 15.0 Å². The highest BCUT2D eigenvalue weighted by Crippen LogP contribution is 2.43. The number of alkyl halides is 3. The van der Waals surface area contributed by atoms with Gasteiger partial charge in [-0.3, -0.25) is 4.98 Å². The summed E-state index contributed by atoms with van der Waals surface area (Å²) in [6.07, 6.45) is -1.58. The minimum absolute atomic E-state index is 0.0333. The van der Waals surface area contributed by atoms with Crippen LogP contribution in [0, 0.1) is 0 Å². The van der Waals surface area contributed by atoms with Gasteiger partial charge in [0.05, 0.1) is 28.2 Å². The van der Waals surface area contributed by atoms with Gasteiger partial charge in [-0.05, 0) is 68.5 Å². The minimum atomic E-state index is -4.61. The van der Waals surface area contributed by atoms with E-state index in [2.05, 4.69) is 108 Å². The summed E-state index contributed by atoms with van der Waals surface area (Å²) >= 11 is 0. The second-order valence-electron chi connectivity index (χ2n) is 15.7. The van der Waals surface area contributed by atoms with E-state index in [1.54, 1.807) is 24.3 Å². The Morgan fingerprint density at radius 2 is 1.31 bits per heavy atom. The van der Waals surface area contributed by atoms with Gasteiger partial charge in [-0.1, -0.05) is 105 Å². The Morgan fingerprint density at radius 3 is 1.98 bits per heavy atom. The van der Waals surface area contributed by atoms with Crippen LogP contribution in [0.15, 0.2) is 85.3 Å². The van der Waals surface area contributed by atoms with E-state index in [1.165, 1.54) is 18.0 Å². The molecular formula is C41H42F3N5. The summed E-state index contributed by atoms with van der Waals surface area (Å²) in [5, 5.41) is 4.52. The predicted octanol–water partition coefficient (Wildman–Crippen LogP) is 11.6. The molecule has 0 aliphatic rings.